The SMILES string of the molecule is N/C=C(/N)C(=Nc1ccn(Cc2ccccc2)n1)C(F)(F)F. The molecule has 0 atom stereocenters. The van der Waals surface area contributed by atoms with Crippen LogP contribution < -0.4 is 11.5 Å². The topological polar surface area (TPSA) is 82.2 Å². The minimum atomic E-state index is -4.71. The summed E-state index contributed by atoms with van der Waals surface area (Å²) in [6.45, 7) is 0.430. The number of hydrogen-bond donors (Lipinski definition) is 2. The Morgan fingerprint density at radius 1 is 1.23 bits per heavy atom. The summed E-state index contributed by atoms with van der Waals surface area (Å²) in [5.41, 5.74) is 9.33. The Hall–Kier alpha value is -2.77. The summed E-state index contributed by atoms with van der Waals surface area (Å²) in [7, 11) is 0. The number of allylic oxidation sites excluding steroid dienone is 1. The van der Waals surface area contributed by atoms with Gasteiger partial charge in [0.1, 0.15) is 0 Å². The maximum Gasteiger partial charge on any atom is 0.435 e. The molecule has 1 heterocycles. The van der Waals surface area contributed by atoms with Gasteiger partial charge >= 0.3 is 6.18 Å². The lowest BCUT2D eigenvalue weighted by Crippen LogP contribution is -2.29. The van der Waals surface area contributed by atoms with Gasteiger partial charge in [0.15, 0.2) is 11.5 Å². The van der Waals surface area contributed by atoms with Crippen molar-refractivity contribution in [2.24, 2.45) is 16.5 Å². The highest BCUT2D eigenvalue weighted by atomic mass is 19.4. The molecule has 0 aliphatic heterocycles. The molecule has 22 heavy (non-hydrogen) atoms. The van der Waals surface area contributed by atoms with Gasteiger partial charge in [-0.1, -0.05) is 30.3 Å². The molecule has 0 aliphatic carbocycles. The standard InChI is InChI=1S/C14H14F3N5/c15-14(16,17)13(11(19)8-18)20-12-6-7-22(21-12)9-10-4-2-1-3-5-10/h1-8H,9,18-19H2/b11-8+,20-13?. The first-order valence-corrected chi connectivity index (χ1v) is 6.31. The fourth-order valence-corrected chi connectivity index (χ4v) is 1.75. The van der Waals surface area contributed by atoms with Crippen molar-refractivity contribution in [2.75, 3.05) is 0 Å². The summed E-state index contributed by atoms with van der Waals surface area (Å²) in [6.07, 6.45) is -2.50. The summed E-state index contributed by atoms with van der Waals surface area (Å²) < 4.78 is 40.1. The van der Waals surface area contributed by atoms with Crippen molar-refractivity contribution >= 4 is 11.5 Å². The quantitative estimate of drug-likeness (QED) is 0.850. The van der Waals surface area contributed by atoms with Gasteiger partial charge in [-0.25, -0.2) is 4.99 Å². The molecule has 4 N–H and O–H groups in total. The summed E-state index contributed by atoms with van der Waals surface area (Å²) in [5.74, 6) is -0.0898. The van der Waals surface area contributed by atoms with Gasteiger partial charge in [-0.15, -0.1) is 0 Å². The molecule has 0 saturated heterocycles. The first kappa shape index (κ1) is 15.6. The van der Waals surface area contributed by atoms with Crippen LogP contribution in [-0.4, -0.2) is 21.7 Å². The van der Waals surface area contributed by atoms with Crippen molar-refractivity contribution < 1.29 is 13.2 Å². The number of nitrogens with two attached hydrogens (primary N) is 2. The number of nitrogens with zero attached hydrogens (tertiary/aromatic N) is 3. The highest BCUT2D eigenvalue weighted by molar-refractivity contribution is 6.04. The van der Waals surface area contributed by atoms with E-state index in [2.05, 4.69) is 10.1 Å². The van der Waals surface area contributed by atoms with Gasteiger partial charge in [-0.05, 0) is 5.56 Å². The molecule has 5 nitrogen and oxygen atoms in total. The second kappa shape index (κ2) is 6.33. The van der Waals surface area contributed by atoms with Crippen LogP contribution in [0.25, 0.3) is 0 Å². The van der Waals surface area contributed by atoms with Crippen LogP contribution >= 0.6 is 0 Å². The second-order valence-electron chi connectivity index (χ2n) is 4.44. The third-order valence-electron chi connectivity index (χ3n) is 2.76. The van der Waals surface area contributed by atoms with Gasteiger partial charge in [0, 0.05) is 18.5 Å². The van der Waals surface area contributed by atoms with Gasteiger partial charge in [-0.2, -0.15) is 18.3 Å². The minimum absolute atomic E-state index is 0.0898. The Bertz CT molecular complexity index is 686. The number of aromatic nitrogens is 2. The van der Waals surface area contributed by atoms with E-state index in [1.165, 1.54) is 10.7 Å². The third-order valence-corrected chi connectivity index (χ3v) is 2.76. The van der Waals surface area contributed by atoms with E-state index in [-0.39, 0.29) is 5.82 Å². The normalized spacial score (nSPS) is 13.4. The molecule has 8 heteroatoms. The van der Waals surface area contributed by atoms with Gasteiger partial charge in [0.05, 0.1) is 12.2 Å². The average Bonchev–Trinajstić information content (AvgIpc) is 2.91. The van der Waals surface area contributed by atoms with E-state index in [0.29, 0.717) is 12.7 Å². The van der Waals surface area contributed by atoms with Crippen LogP contribution in [-0.2, 0) is 6.54 Å². The van der Waals surface area contributed by atoms with Crippen LogP contribution in [0.1, 0.15) is 5.56 Å². The molecule has 2 aromatic rings. The zero-order valence-electron chi connectivity index (χ0n) is 11.5. The monoisotopic (exact) mass is 309 g/mol. The maximum absolute atomic E-state index is 12.9. The molecule has 0 saturated carbocycles. The number of rotatable bonds is 4. The third kappa shape index (κ3) is 3.87. The van der Waals surface area contributed by atoms with Crippen molar-refractivity contribution in [1.82, 2.24) is 9.78 Å². The molecule has 0 amide bonds. The molecule has 0 bridgehead atoms. The van der Waals surface area contributed by atoms with Crippen LogP contribution in [0.4, 0.5) is 19.0 Å². The number of alkyl halides is 3. The lowest BCUT2D eigenvalue weighted by molar-refractivity contribution is -0.0582. The van der Waals surface area contributed by atoms with Gasteiger partial charge < -0.3 is 11.5 Å². The fraction of sp³-hybridized carbons (Fsp3) is 0.143. The molecule has 1 aromatic heterocycles. The Morgan fingerprint density at radius 3 is 2.50 bits per heavy atom. The van der Waals surface area contributed by atoms with Crippen LogP contribution in [0.5, 0.6) is 0 Å². The predicted molar refractivity (Wildman–Crippen MR) is 77.4 cm³/mol. The number of aliphatic imine (C=N–C) groups is 1. The Balaban J connectivity index is 2.25. The highest BCUT2D eigenvalue weighted by Crippen LogP contribution is 2.23. The fourth-order valence-electron chi connectivity index (χ4n) is 1.75. The van der Waals surface area contributed by atoms with E-state index in [1.54, 1.807) is 6.20 Å². The van der Waals surface area contributed by atoms with E-state index in [4.69, 9.17) is 11.5 Å². The Kier molecular flexibility index (Phi) is 4.50. The largest absolute Gasteiger partial charge is 0.435 e. The lowest BCUT2D eigenvalue weighted by atomic mass is 10.2. The van der Waals surface area contributed by atoms with Gasteiger partial charge in [-0.3, -0.25) is 4.68 Å². The van der Waals surface area contributed by atoms with Crippen molar-refractivity contribution in [3.8, 4) is 0 Å². The molecule has 0 radical (unpaired) electrons. The minimum Gasteiger partial charge on any atom is -0.403 e. The number of halogens is 3. The first-order chi connectivity index (χ1) is 10.4. The summed E-state index contributed by atoms with van der Waals surface area (Å²) in [4.78, 5) is 3.45. The molecular formula is C14H14F3N5. The van der Waals surface area contributed by atoms with E-state index in [9.17, 15) is 13.2 Å². The van der Waals surface area contributed by atoms with Gasteiger partial charge in [0.2, 0.25) is 0 Å². The van der Waals surface area contributed by atoms with Crippen molar-refractivity contribution in [1.29, 1.82) is 0 Å². The molecule has 2 rings (SSSR count). The molecule has 0 spiro atoms. The molecule has 1 aromatic carbocycles. The van der Waals surface area contributed by atoms with Crippen LogP contribution in [0, 0.1) is 0 Å². The number of benzene rings is 1. The summed E-state index contributed by atoms with van der Waals surface area (Å²) in [6, 6.07) is 10.8. The second-order valence-corrected chi connectivity index (χ2v) is 4.44. The predicted octanol–water partition coefficient (Wildman–Crippen LogP) is 2.32. The van der Waals surface area contributed by atoms with Crippen LogP contribution in [0.2, 0.25) is 0 Å². The van der Waals surface area contributed by atoms with E-state index >= 15 is 0 Å². The first-order valence-electron chi connectivity index (χ1n) is 6.31. The number of hydrogen-bond acceptors (Lipinski definition) is 4. The zero-order valence-corrected chi connectivity index (χ0v) is 11.5. The van der Waals surface area contributed by atoms with Crippen molar-refractivity contribution in [3.63, 3.8) is 0 Å². The summed E-state index contributed by atoms with van der Waals surface area (Å²) in [5, 5.41) is 3.98. The van der Waals surface area contributed by atoms with Gasteiger partial charge in [0.25, 0.3) is 0 Å². The molecule has 0 aliphatic rings. The van der Waals surface area contributed by atoms with Crippen LogP contribution in [0.3, 0.4) is 0 Å². The van der Waals surface area contributed by atoms with Crippen molar-refractivity contribution in [3.05, 3.63) is 60.1 Å². The van der Waals surface area contributed by atoms with E-state index < -0.39 is 17.6 Å². The Labute approximate surface area is 124 Å². The highest BCUT2D eigenvalue weighted by Gasteiger charge is 2.37. The smallest absolute Gasteiger partial charge is 0.403 e. The van der Waals surface area contributed by atoms with E-state index in [0.717, 1.165) is 5.56 Å². The average molecular weight is 309 g/mol. The molecular weight excluding hydrogens is 295 g/mol. The maximum atomic E-state index is 12.9. The van der Waals surface area contributed by atoms with Crippen molar-refractivity contribution in [2.45, 2.75) is 12.7 Å². The van der Waals surface area contributed by atoms with Crippen LogP contribution in [0.15, 0.2) is 59.5 Å². The molecule has 0 fully saturated rings. The van der Waals surface area contributed by atoms with E-state index in [1.807, 2.05) is 30.3 Å². The molecule has 0 unspecified atom stereocenters. The lowest BCUT2D eigenvalue weighted by Gasteiger charge is -2.09. The Morgan fingerprint density at radius 2 is 1.91 bits per heavy atom. The summed E-state index contributed by atoms with van der Waals surface area (Å²) >= 11 is 0. The zero-order chi connectivity index (χ0) is 16.2. The molecule has 116 valence electrons.